The number of aromatic nitrogens is 2. The molecule has 4 heteroatoms. The highest BCUT2D eigenvalue weighted by atomic mass is 15.2. The second-order valence-electron chi connectivity index (χ2n) is 23.6. The molecule has 4 nitrogen and oxygen atoms in total. The minimum absolute atomic E-state index is 0.904. The summed E-state index contributed by atoms with van der Waals surface area (Å²) >= 11 is 0. The van der Waals surface area contributed by atoms with Crippen LogP contribution in [0.3, 0.4) is 0 Å². The first-order valence-electron chi connectivity index (χ1n) is 30.9. The Labute approximate surface area is 525 Å². The van der Waals surface area contributed by atoms with Crippen molar-refractivity contribution in [2.24, 2.45) is 0 Å². The molecule has 428 valence electrons. The fourth-order valence-corrected chi connectivity index (χ4v) is 12.8. The number of nitrogens with zero attached hydrogens (tertiary/aromatic N) is 4. The van der Waals surface area contributed by atoms with Crippen LogP contribution in [0, 0.1) is 27.7 Å². The van der Waals surface area contributed by atoms with Gasteiger partial charge in [-0.1, -0.05) is 265 Å². The second-order valence-corrected chi connectivity index (χ2v) is 23.6. The molecule has 0 N–H and O–H groups in total. The Bertz CT molecular complexity index is 4830. The highest BCUT2D eigenvalue weighted by molar-refractivity contribution is 6.23. The molecule has 0 spiro atoms. The third-order valence-electron chi connectivity index (χ3n) is 17.5. The molecule has 0 aliphatic heterocycles. The summed E-state index contributed by atoms with van der Waals surface area (Å²) < 4.78 is 0. The molecule has 0 amide bonds. The van der Waals surface area contributed by atoms with Gasteiger partial charge < -0.3 is 9.80 Å². The van der Waals surface area contributed by atoms with Gasteiger partial charge in [-0.3, -0.25) is 0 Å². The van der Waals surface area contributed by atoms with E-state index in [0.29, 0.717) is 0 Å². The minimum Gasteiger partial charge on any atom is -0.309 e. The van der Waals surface area contributed by atoms with Gasteiger partial charge in [0.15, 0.2) is 0 Å². The first kappa shape index (κ1) is 55.1. The second kappa shape index (κ2) is 23.7. The van der Waals surface area contributed by atoms with Gasteiger partial charge in [0.2, 0.25) is 0 Å². The van der Waals surface area contributed by atoms with Crippen molar-refractivity contribution in [1.82, 2.24) is 9.97 Å². The van der Waals surface area contributed by atoms with Crippen molar-refractivity contribution in [2.75, 3.05) is 9.80 Å². The van der Waals surface area contributed by atoms with Crippen molar-refractivity contribution < 1.29 is 0 Å². The number of hydrogen-bond acceptors (Lipinski definition) is 4. The molecule has 0 atom stereocenters. The fraction of sp³-hybridized carbons (Fsp3) is 0.0465. The van der Waals surface area contributed by atoms with Crippen molar-refractivity contribution in [3.05, 3.63) is 338 Å². The molecule has 0 radical (unpaired) electrons. The zero-order valence-corrected chi connectivity index (χ0v) is 50.8. The number of anilines is 6. The van der Waals surface area contributed by atoms with Crippen LogP contribution >= 0.6 is 0 Å². The lowest BCUT2D eigenvalue weighted by atomic mass is 9.93. The summed E-state index contributed by atoms with van der Waals surface area (Å²) in [7, 11) is 0. The molecular formula is C86H64N4. The summed E-state index contributed by atoms with van der Waals surface area (Å²) in [5.41, 5.74) is 22.3. The van der Waals surface area contributed by atoms with Gasteiger partial charge in [0.1, 0.15) is 0 Å². The predicted molar refractivity (Wildman–Crippen MR) is 384 cm³/mol. The number of pyridine rings is 2. The average Bonchev–Trinajstić information content (AvgIpc) is 0.759. The van der Waals surface area contributed by atoms with E-state index < -0.39 is 0 Å². The molecule has 16 rings (SSSR count). The smallest absolute Gasteiger partial charge is 0.0978 e. The largest absolute Gasteiger partial charge is 0.309 e. The Morgan fingerprint density at radius 1 is 0.222 bits per heavy atom. The van der Waals surface area contributed by atoms with Gasteiger partial charge in [-0.15, -0.1) is 0 Å². The van der Waals surface area contributed by atoms with E-state index in [2.05, 4.69) is 353 Å². The number of hydrogen-bond donors (Lipinski definition) is 0. The standard InChI is InChI=1S/C44H28N2.C42H36N2/c1-3-13-31(14-4-1)39-27-41(35-21-19-29-11-7-9-17-33(29)25-35)45-43-37(39)23-24-38-40(32-15-5-2-6-16-32)28-42(46-44(38)43)36-22-20-30-12-8-10-18-34(30)26-36;1-29-13-21-33(22-14-29)43(34-23-15-30(2)16-24-34)41-37-9-5-7-11-39(37)42(40-12-8-6-10-38(40)41)44(35-25-17-31(3)18-26-35)36-27-19-32(4)20-28-36/h1-28H;5-28H,1-4H3. The van der Waals surface area contributed by atoms with Gasteiger partial charge in [-0.2, -0.15) is 0 Å². The summed E-state index contributed by atoms with van der Waals surface area (Å²) in [6.07, 6.45) is 0. The molecule has 0 saturated heterocycles. The molecule has 0 aliphatic carbocycles. The maximum Gasteiger partial charge on any atom is 0.0978 e. The van der Waals surface area contributed by atoms with Crippen LogP contribution in [-0.4, -0.2) is 9.97 Å². The minimum atomic E-state index is 0.904. The number of rotatable bonds is 10. The van der Waals surface area contributed by atoms with Gasteiger partial charge in [-0.25, -0.2) is 9.97 Å². The van der Waals surface area contributed by atoms with Gasteiger partial charge in [-0.05, 0) is 144 Å². The Morgan fingerprint density at radius 3 is 0.833 bits per heavy atom. The van der Waals surface area contributed by atoms with E-state index in [1.54, 1.807) is 0 Å². The Balaban J connectivity index is 0.000000150. The molecule has 16 aromatic rings. The van der Waals surface area contributed by atoms with Gasteiger partial charge >= 0.3 is 0 Å². The fourth-order valence-electron chi connectivity index (χ4n) is 12.8. The van der Waals surface area contributed by atoms with Crippen LogP contribution in [0.1, 0.15) is 22.3 Å². The molecule has 0 bridgehead atoms. The molecule has 90 heavy (non-hydrogen) atoms. The normalized spacial score (nSPS) is 11.3. The van der Waals surface area contributed by atoms with Crippen molar-refractivity contribution >= 4 is 99.0 Å². The zero-order chi connectivity index (χ0) is 60.7. The number of fused-ring (bicyclic) bond motifs is 7. The van der Waals surface area contributed by atoms with Gasteiger partial charge in [0, 0.05) is 66.2 Å². The van der Waals surface area contributed by atoms with Crippen LogP contribution in [0.2, 0.25) is 0 Å². The molecule has 0 saturated carbocycles. The van der Waals surface area contributed by atoms with Gasteiger partial charge in [0.05, 0.1) is 33.8 Å². The summed E-state index contributed by atoms with van der Waals surface area (Å²) in [6.45, 7) is 8.57. The van der Waals surface area contributed by atoms with Crippen molar-refractivity contribution in [3.8, 4) is 44.8 Å². The van der Waals surface area contributed by atoms with E-state index in [9.17, 15) is 0 Å². The third kappa shape index (κ3) is 10.5. The Kier molecular flexibility index (Phi) is 14.5. The van der Waals surface area contributed by atoms with Crippen LogP contribution in [0.15, 0.2) is 315 Å². The van der Waals surface area contributed by atoms with Crippen LogP contribution in [0.4, 0.5) is 34.1 Å². The quantitative estimate of drug-likeness (QED) is 0.0776. The maximum atomic E-state index is 5.42. The lowest BCUT2D eigenvalue weighted by Gasteiger charge is -2.33. The molecule has 0 fully saturated rings. The molecule has 0 aliphatic rings. The lowest BCUT2D eigenvalue weighted by molar-refractivity contribution is 1.28. The van der Waals surface area contributed by atoms with E-state index in [1.807, 2.05) is 0 Å². The van der Waals surface area contributed by atoms with E-state index in [0.717, 1.165) is 89.3 Å². The third-order valence-corrected chi connectivity index (χ3v) is 17.5. The SMILES string of the molecule is Cc1ccc(N(c2ccc(C)cc2)c2c3ccccc3c(N(c3ccc(C)cc3)c3ccc(C)cc3)c3ccccc23)cc1.c1ccc(-c2cc(-c3ccc4ccccc4c3)nc3c2ccc2c(-c4ccccc4)cc(-c4ccc5ccccc5c4)nc23)cc1. The van der Waals surface area contributed by atoms with E-state index in [4.69, 9.17) is 9.97 Å². The van der Waals surface area contributed by atoms with Crippen molar-refractivity contribution in [2.45, 2.75) is 27.7 Å². The summed E-state index contributed by atoms with van der Waals surface area (Å²) in [4.78, 5) is 15.7. The maximum absolute atomic E-state index is 5.42. The average molecular weight is 1150 g/mol. The number of benzene rings is 14. The first-order chi connectivity index (χ1) is 44.3. The lowest BCUT2D eigenvalue weighted by Crippen LogP contribution is -2.14. The summed E-state index contributed by atoms with van der Waals surface area (Å²) in [6, 6.07) is 114. The molecule has 2 heterocycles. The van der Waals surface area contributed by atoms with Crippen molar-refractivity contribution in [3.63, 3.8) is 0 Å². The zero-order valence-electron chi connectivity index (χ0n) is 50.8. The van der Waals surface area contributed by atoms with Gasteiger partial charge in [0.25, 0.3) is 0 Å². The predicted octanol–water partition coefficient (Wildman–Crippen LogP) is 23.9. The summed E-state index contributed by atoms with van der Waals surface area (Å²) in [5.74, 6) is 0. The molecular weight excluding hydrogens is 1090 g/mol. The van der Waals surface area contributed by atoms with Crippen molar-refractivity contribution in [1.29, 1.82) is 0 Å². The molecule has 2 aromatic heterocycles. The summed E-state index contributed by atoms with van der Waals surface area (Å²) in [5, 5.41) is 11.8. The highest BCUT2D eigenvalue weighted by Gasteiger charge is 2.26. The number of aryl methyl sites for hydroxylation is 4. The first-order valence-corrected chi connectivity index (χ1v) is 30.9. The van der Waals surface area contributed by atoms with E-state index in [-0.39, 0.29) is 0 Å². The van der Waals surface area contributed by atoms with Crippen LogP contribution in [0.25, 0.3) is 110 Å². The molecule has 14 aromatic carbocycles. The molecule has 0 unspecified atom stereocenters. The Hall–Kier alpha value is -11.5. The monoisotopic (exact) mass is 1150 g/mol. The van der Waals surface area contributed by atoms with E-state index in [1.165, 1.54) is 76.7 Å². The van der Waals surface area contributed by atoms with Crippen LogP contribution in [0.5, 0.6) is 0 Å². The van der Waals surface area contributed by atoms with E-state index >= 15 is 0 Å². The van der Waals surface area contributed by atoms with Crippen LogP contribution in [-0.2, 0) is 0 Å². The topological polar surface area (TPSA) is 32.3 Å². The Morgan fingerprint density at radius 2 is 0.511 bits per heavy atom. The highest BCUT2D eigenvalue weighted by Crippen LogP contribution is 2.51. The van der Waals surface area contributed by atoms with Crippen LogP contribution < -0.4 is 9.80 Å².